The average molecular weight is 933 g/mol. The van der Waals surface area contributed by atoms with Crippen LogP contribution in [0.1, 0.15) is 25.7 Å². The number of ether oxygens (including phenoxy) is 10. The molecule has 2 aromatic carbocycles. The van der Waals surface area contributed by atoms with Gasteiger partial charge >= 0.3 is 0 Å². The molecule has 0 N–H and O–H groups in total. The zero-order chi connectivity index (χ0) is 46.8. The Morgan fingerprint density at radius 3 is 0.621 bits per heavy atom. The number of hydrogen-bond donors (Lipinski definition) is 0. The summed E-state index contributed by atoms with van der Waals surface area (Å²) in [4.78, 5) is 59.6. The van der Waals surface area contributed by atoms with Crippen LogP contribution in [-0.4, -0.2) is 228 Å². The summed E-state index contributed by atoms with van der Waals surface area (Å²) in [6, 6.07) is 24.0. The van der Waals surface area contributed by atoms with Crippen LogP contribution in [0.3, 0.4) is 0 Å². The molecule has 3 saturated heterocycles. The van der Waals surface area contributed by atoms with Gasteiger partial charge in [0.15, 0.2) is 0 Å². The van der Waals surface area contributed by atoms with Crippen LogP contribution in [-0.2, 0) is 66.5 Å². The number of fused-ring (bicyclic) bond motifs is 12. The topological polar surface area (TPSA) is 174 Å². The first-order valence-electron chi connectivity index (χ1n) is 23.4. The quantitative estimate of drug-likeness (QED) is 0.353. The van der Waals surface area contributed by atoms with Gasteiger partial charge in [0.05, 0.1) is 79.3 Å². The average Bonchev–Trinajstić information content (AvgIpc) is 3.34. The molecule has 372 valence electrons. The van der Waals surface area contributed by atoms with Gasteiger partial charge < -0.3 is 67.0 Å². The maximum atomic E-state index is 13.3. The summed E-state index contributed by atoms with van der Waals surface area (Å²) in [5.41, 5.74) is 0. The molecule has 4 bridgehead atoms. The largest absolute Gasteiger partial charge is 0.379 e. The van der Waals surface area contributed by atoms with Crippen LogP contribution in [0.5, 0.6) is 0 Å². The van der Waals surface area contributed by atoms with E-state index < -0.39 is 0 Å². The molecule has 18 heteroatoms. The molecular formula is C48H76N4O14. The molecule has 3 fully saturated rings. The number of hydrogen-bond acceptors (Lipinski definition) is 14. The van der Waals surface area contributed by atoms with Crippen molar-refractivity contribution in [1.82, 2.24) is 19.6 Å². The molecule has 0 aliphatic carbocycles. The molecule has 3 heterocycles. The molecule has 0 saturated carbocycles. The Morgan fingerprint density at radius 1 is 0.227 bits per heavy atom. The van der Waals surface area contributed by atoms with Gasteiger partial charge in [-0.2, -0.15) is 0 Å². The number of benzene rings is 2. The third-order valence-corrected chi connectivity index (χ3v) is 10.0. The lowest BCUT2D eigenvalue weighted by Gasteiger charge is -2.26. The van der Waals surface area contributed by atoms with Gasteiger partial charge in [0, 0.05) is 78.8 Å². The fraction of sp³-hybridized carbons (Fsp3) is 0.667. The number of carbonyl (C=O) groups is 4. The molecule has 4 amide bonds. The van der Waals surface area contributed by atoms with Crippen LogP contribution in [0, 0.1) is 0 Å². The lowest BCUT2D eigenvalue weighted by Crippen LogP contribution is -2.42. The first-order chi connectivity index (χ1) is 32.5. The van der Waals surface area contributed by atoms with Gasteiger partial charge in [-0.05, 0) is 25.7 Å². The normalized spacial score (nSPS) is 21.2. The second-order valence-electron chi connectivity index (χ2n) is 15.1. The molecule has 66 heavy (non-hydrogen) atoms. The second kappa shape index (κ2) is 40.0. The Morgan fingerprint density at radius 2 is 0.409 bits per heavy atom. The standard InChI is InChI=1S/C36H64N4O14.2C6H6/c41-33-29-53-30-34(42)39-7-3-15-47-23-27-52-28-24-48-16-4-8-40(12-20-50-19-11-39)36(44)32-54-31-35(43)38-6-2-14-46-22-26-51-25-21-45-13-1-5-37(33)9-17-49-18-10-38;2*1-2-4-6-5-3-1/h1-32H2;2*1-6H. The van der Waals surface area contributed by atoms with E-state index in [0.29, 0.717) is 157 Å². The van der Waals surface area contributed by atoms with Crippen molar-refractivity contribution in [2.45, 2.75) is 25.7 Å². The molecular weight excluding hydrogens is 857 g/mol. The molecule has 0 atom stereocenters. The smallest absolute Gasteiger partial charge is 0.248 e. The van der Waals surface area contributed by atoms with Crippen molar-refractivity contribution in [2.24, 2.45) is 0 Å². The Labute approximate surface area is 391 Å². The third kappa shape index (κ3) is 29.5. The highest BCUT2D eigenvalue weighted by atomic mass is 16.6. The summed E-state index contributed by atoms with van der Waals surface area (Å²) in [6.45, 7) is 7.80. The number of amides is 4. The van der Waals surface area contributed by atoms with Gasteiger partial charge in [-0.25, -0.2) is 0 Å². The van der Waals surface area contributed by atoms with Crippen LogP contribution in [0.4, 0.5) is 0 Å². The van der Waals surface area contributed by atoms with Crippen LogP contribution in [0.15, 0.2) is 72.8 Å². The van der Waals surface area contributed by atoms with E-state index in [1.165, 1.54) is 0 Å². The van der Waals surface area contributed by atoms with Gasteiger partial charge in [0.25, 0.3) is 0 Å². The Kier molecular flexibility index (Phi) is 34.1. The van der Waals surface area contributed by atoms with E-state index in [4.69, 9.17) is 47.4 Å². The van der Waals surface area contributed by atoms with Gasteiger partial charge in [-0.15, -0.1) is 0 Å². The molecule has 0 spiro atoms. The molecule has 0 radical (unpaired) electrons. The summed E-state index contributed by atoms with van der Waals surface area (Å²) in [6.07, 6.45) is 2.36. The van der Waals surface area contributed by atoms with Gasteiger partial charge in [0.1, 0.15) is 26.4 Å². The van der Waals surface area contributed by atoms with E-state index in [9.17, 15) is 19.2 Å². The van der Waals surface area contributed by atoms with Crippen molar-refractivity contribution in [3.63, 3.8) is 0 Å². The van der Waals surface area contributed by atoms with Gasteiger partial charge in [0.2, 0.25) is 23.6 Å². The van der Waals surface area contributed by atoms with Crippen LogP contribution in [0.2, 0.25) is 0 Å². The molecule has 3 aliphatic heterocycles. The van der Waals surface area contributed by atoms with Crippen molar-refractivity contribution in [1.29, 1.82) is 0 Å². The monoisotopic (exact) mass is 933 g/mol. The first-order valence-corrected chi connectivity index (χ1v) is 23.4. The maximum absolute atomic E-state index is 13.3. The summed E-state index contributed by atoms with van der Waals surface area (Å²) in [5, 5.41) is 0. The lowest BCUT2D eigenvalue weighted by molar-refractivity contribution is -0.143. The Hall–Kier alpha value is -4.08. The van der Waals surface area contributed by atoms with Crippen molar-refractivity contribution < 1.29 is 66.5 Å². The minimum Gasteiger partial charge on any atom is -0.379 e. The molecule has 18 nitrogen and oxygen atoms in total. The summed E-state index contributed by atoms with van der Waals surface area (Å²) in [7, 11) is 0. The maximum Gasteiger partial charge on any atom is 0.248 e. The van der Waals surface area contributed by atoms with Crippen molar-refractivity contribution >= 4 is 23.6 Å². The fourth-order valence-corrected chi connectivity index (χ4v) is 6.45. The summed E-state index contributed by atoms with van der Waals surface area (Å²) >= 11 is 0. The van der Waals surface area contributed by atoms with E-state index in [1.54, 1.807) is 19.6 Å². The van der Waals surface area contributed by atoms with Crippen molar-refractivity contribution in [3.8, 4) is 0 Å². The van der Waals surface area contributed by atoms with E-state index >= 15 is 0 Å². The number of carbonyl (C=O) groups excluding carboxylic acids is 4. The minimum atomic E-state index is -0.271. The third-order valence-electron chi connectivity index (χ3n) is 10.0. The van der Waals surface area contributed by atoms with E-state index in [0.717, 1.165) is 0 Å². The lowest BCUT2D eigenvalue weighted by atomic mass is 10.3. The Balaban J connectivity index is 0.000000827. The minimum absolute atomic E-state index is 0.234. The van der Waals surface area contributed by atoms with E-state index in [1.807, 2.05) is 72.8 Å². The zero-order valence-corrected chi connectivity index (χ0v) is 39.1. The van der Waals surface area contributed by atoms with Crippen LogP contribution < -0.4 is 0 Å². The fourth-order valence-electron chi connectivity index (χ4n) is 6.45. The zero-order valence-electron chi connectivity index (χ0n) is 39.1. The predicted molar refractivity (Wildman–Crippen MR) is 246 cm³/mol. The predicted octanol–water partition coefficient (Wildman–Crippen LogP) is 2.44. The van der Waals surface area contributed by atoms with Gasteiger partial charge in [-0.1, -0.05) is 72.8 Å². The molecule has 2 aromatic rings. The molecule has 0 aromatic heterocycles. The summed E-state index contributed by atoms with van der Waals surface area (Å²) in [5.74, 6) is -1.07. The van der Waals surface area contributed by atoms with Crippen LogP contribution >= 0.6 is 0 Å². The van der Waals surface area contributed by atoms with Crippen molar-refractivity contribution in [2.75, 3.05) is 184 Å². The number of rotatable bonds is 0. The number of nitrogens with zero attached hydrogens (tertiary/aromatic N) is 4. The SMILES string of the molecule is O=C1COCC(=O)N2CCCOCCOCCOCCCN(CCOCC2)C(=O)COCC(=O)N2CCCOCCOCCOCCCN1CCOCC2.c1ccccc1.c1ccccc1. The van der Waals surface area contributed by atoms with Gasteiger partial charge in [-0.3, -0.25) is 19.2 Å². The highest BCUT2D eigenvalue weighted by Crippen LogP contribution is 2.03. The Bertz CT molecular complexity index is 1250. The highest BCUT2D eigenvalue weighted by molar-refractivity contribution is 5.80. The van der Waals surface area contributed by atoms with E-state index in [2.05, 4.69) is 0 Å². The molecule has 0 unspecified atom stereocenters. The van der Waals surface area contributed by atoms with Crippen molar-refractivity contribution in [3.05, 3.63) is 72.8 Å². The van der Waals surface area contributed by atoms with Crippen LogP contribution in [0.25, 0.3) is 0 Å². The second-order valence-corrected chi connectivity index (χ2v) is 15.1. The van der Waals surface area contributed by atoms with E-state index in [-0.39, 0.29) is 76.5 Å². The molecule has 5 rings (SSSR count). The summed E-state index contributed by atoms with van der Waals surface area (Å²) < 4.78 is 56.9. The molecule has 3 aliphatic rings. The first kappa shape index (κ1) is 56.2. The highest BCUT2D eigenvalue weighted by Gasteiger charge is 2.20.